The maximum Gasteiger partial charge on any atom is 0.335 e. The number of aromatic carboxylic acids is 1. The molecular weight excluding hydrogens is 210 g/mol. The average Bonchev–Trinajstić information content (AvgIpc) is 2.01. The second-order valence-electron chi connectivity index (χ2n) is 2.53. The molecule has 0 saturated heterocycles. The third-order valence-corrected chi connectivity index (χ3v) is 2.28. The van der Waals surface area contributed by atoms with Crippen LogP contribution in [-0.2, 0) is 10.1 Å². The van der Waals surface area contributed by atoms with E-state index >= 15 is 0 Å². The topological polar surface area (TPSA) is 115 Å². The lowest BCUT2D eigenvalue weighted by Gasteiger charge is -2.00. The largest absolute Gasteiger partial charge is 0.478 e. The van der Waals surface area contributed by atoms with Gasteiger partial charge in [-0.3, -0.25) is 4.55 Å². The summed E-state index contributed by atoms with van der Waals surface area (Å²) in [6.45, 7) is 0. The third kappa shape index (κ3) is 2.21. The molecule has 1 aromatic rings. The zero-order valence-electron chi connectivity index (χ0n) is 6.76. The Morgan fingerprint density at radius 3 is 2.29 bits per heavy atom. The number of carboxylic acids is 1. The second kappa shape index (κ2) is 3.28. The van der Waals surface area contributed by atoms with E-state index in [0.717, 1.165) is 18.2 Å². The monoisotopic (exact) mass is 216 g/mol. The van der Waals surface area contributed by atoms with Gasteiger partial charge in [-0.1, -0.05) is 0 Å². The number of carbonyl (C=O) groups is 1. The zero-order valence-corrected chi connectivity index (χ0v) is 7.58. The van der Waals surface area contributed by atoms with Gasteiger partial charge in [-0.15, -0.1) is 0 Å². The lowest BCUT2D eigenvalue weighted by atomic mass is 10.2. The Morgan fingerprint density at radius 2 is 1.86 bits per heavy atom. The van der Waals surface area contributed by atoms with E-state index in [4.69, 9.17) is 15.4 Å². The van der Waals surface area contributed by atoms with E-state index in [-0.39, 0.29) is 11.3 Å². The number of hydrogen-bond donors (Lipinski definition) is 2. The molecular formula is C7H6NO5S. The van der Waals surface area contributed by atoms with Gasteiger partial charge in [0.05, 0.1) is 16.1 Å². The Bertz CT molecular complexity index is 479. The van der Waals surface area contributed by atoms with Crippen LogP contribution < -0.4 is 5.73 Å². The SMILES string of the molecule is [NH]c1cc(C(=O)O)cc(S(=O)(=O)O)c1. The van der Waals surface area contributed by atoms with Gasteiger partial charge >= 0.3 is 5.97 Å². The van der Waals surface area contributed by atoms with Gasteiger partial charge in [0.25, 0.3) is 10.1 Å². The van der Waals surface area contributed by atoms with E-state index in [1.165, 1.54) is 0 Å². The van der Waals surface area contributed by atoms with Crippen molar-refractivity contribution in [2.75, 3.05) is 0 Å². The van der Waals surface area contributed by atoms with Crippen LogP contribution >= 0.6 is 0 Å². The van der Waals surface area contributed by atoms with Crippen molar-refractivity contribution in [3.63, 3.8) is 0 Å². The van der Waals surface area contributed by atoms with E-state index in [1.807, 2.05) is 0 Å². The van der Waals surface area contributed by atoms with Crippen LogP contribution in [0.4, 0.5) is 5.69 Å². The highest BCUT2D eigenvalue weighted by molar-refractivity contribution is 7.85. The van der Waals surface area contributed by atoms with E-state index in [1.54, 1.807) is 0 Å². The highest BCUT2D eigenvalue weighted by Gasteiger charge is 2.14. The summed E-state index contributed by atoms with van der Waals surface area (Å²) in [4.78, 5) is 9.88. The van der Waals surface area contributed by atoms with Crippen molar-refractivity contribution in [1.29, 1.82) is 0 Å². The molecule has 75 valence electrons. The maximum absolute atomic E-state index is 10.6. The molecule has 0 heterocycles. The van der Waals surface area contributed by atoms with Crippen LogP contribution in [0.2, 0.25) is 0 Å². The number of nitrogens with one attached hydrogen (secondary N) is 1. The molecule has 0 aliphatic heterocycles. The van der Waals surface area contributed by atoms with Crippen LogP contribution in [0.15, 0.2) is 23.1 Å². The van der Waals surface area contributed by atoms with Crippen LogP contribution in [0.25, 0.3) is 0 Å². The van der Waals surface area contributed by atoms with Crippen LogP contribution in [0.5, 0.6) is 0 Å². The van der Waals surface area contributed by atoms with E-state index < -0.39 is 21.0 Å². The van der Waals surface area contributed by atoms with Crippen LogP contribution in [0.3, 0.4) is 0 Å². The van der Waals surface area contributed by atoms with E-state index in [9.17, 15) is 13.2 Å². The number of rotatable bonds is 2. The van der Waals surface area contributed by atoms with Crippen LogP contribution in [-0.4, -0.2) is 24.0 Å². The van der Waals surface area contributed by atoms with Crippen molar-refractivity contribution in [1.82, 2.24) is 5.73 Å². The first-order chi connectivity index (χ1) is 6.30. The molecule has 7 heteroatoms. The minimum atomic E-state index is -4.46. The van der Waals surface area contributed by atoms with Crippen molar-refractivity contribution < 1.29 is 22.9 Å². The van der Waals surface area contributed by atoms with Crippen molar-refractivity contribution in [3.8, 4) is 0 Å². The first-order valence-corrected chi connectivity index (χ1v) is 4.82. The summed E-state index contributed by atoms with van der Waals surface area (Å²) in [5, 5.41) is 8.54. The van der Waals surface area contributed by atoms with Gasteiger partial charge in [0.2, 0.25) is 0 Å². The van der Waals surface area contributed by atoms with Gasteiger partial charge in [-0.05, 0) is 18.2 Å². The summed E-state index contributed by atoms with van der Waals surface area (Å²) in [6, 6.07) is 2.63. The molecule has 3 N–H and O–H groups in total. The summed E-state index contributed by atoms with van der Waals surface area (Å²) < 4.78 is 29.9. The zero-order chi connectivity index (χ0) is 10.9. The lowest BCUT2D eigenvalue weighted by molar-refractivity contribution is 0.0696. The standard InChI is InChI=1S/C7H6NO5S/c8-5-1-4(7(9)10)2-6(3-5)14(11,12)13/h1-3,8H,(H,9,10)(H,11,12,13). The highest BCUT2D eigenvalue weighted by atomic mass is 32.2. The molecule has 0 atom stereocenters. The Balaban J connectivity index is 3.43. The number of hydrogen-bond acceptors (Lipinski definition) is 3. The molecule has 0 saturated carbocycles. The molecule has 0 aromatic heterocycles. The van der Waals surface area contributed by atoms with Gasteiger partial charge in [0.1, 0.15) is 0 Å². The van der Waals surface area contributed by atoms with Crippen LogP contribution in [0.1, 0.15) is 10.4 Å². The quantitative estimate of drug-likeness (QED) is 0.700. The predicted molar refractivity (Wildman–Crippen MR) is 46.0 cm³/mol. The average molecular weight is 216 g/mol. The molecule has 1 radical (unpaired) electrons. The first-order valence-electron chi connectivity index (χ1n) is 3.38. The van der Waals surface area contributed by atoms with Crippen molar-refractivity contribution in [2.24, 2.45) is 0 Å². The van der Waals surface area contributed by atoms with Crippen molar-refractivity contribution in [3.05, 3.63) is 23.8 Å². The molecule has 0 amide bonds. The summed E-state index contributed by atoms with van der Waals surface area (Å²) in [6.07, 6.45) is 0. The van der Waals surface area contributed by atoms with Gasteiger partial charge in [0.15, 0.2) is 0 Å². The third-order valence-electron chi connectivity index (χ3n) is 1.45. The van der Waals surface area contributed by atoms with E-state index in [2.05, 4.69) is 0 Å². The molecule has 0 unspecified atom stereocenters. The molecule has 1 aromatic carbocycles. The minimum absolute atomic E-state index is 0.294. The van der Waals surface area contributed by atoms with Gasteiger partial charge in [-0.25, -0.2) is 4.79 Å². The summed E-state index contributed by atoms with van der Waals surface area (Å²) in [7, 11) is -4.46. The molecule has 0 aliphatic rings. The van der Waals surface area contributed by atoms with Crippen molar-refractivity contribution in [2.45, 2.75) is 4.90 Å². The van der Waals surface area contributed by atoms with E-state index in [0.29, 0.717) is 0 Å². The Hall–Kier alpha value is -1.60. The molecule has 0 bridgehead atoms. The Kier molecular flexibility index (Phi) is 2.45. The molecule has 0 fully saturated rings. The smallest absolute Gasteiger partial charge is 0.335 e. The number of carboxylic acid groups (broad SMARTS) is 1. The Labute approximate surface area is 79.7 Å². The maximum atomic E-state index is 10.6. The van der Waals surface area contributed by atoms with Gasteiger partial charge in [0, 0.05) is 0 Å². The fraction of sp³-hybridized carbons (Fsp3) is 0. The first kappa shape index (κ1) is 10.5. The lowest BCUT2D eigenvalue weighted by Crippen LogP contribution is -2.02. The summed E-state index contributed by atoms with van der Waals surface area (Å²) in [5.41, 5.74) is 6.46. The molecule has 0 aliphatic carbocycles. The molecule has 0 spiro atoms. The molecule has 6 nitrogen and oxygen atoms in total. The minimum Gasteiger partial charge on any atom is -0.478 e. The molecule has 14 heavy (non-hydrogen) atoms. The van der Waals surface area contributed by atoms with Gasteiger partial charge < -0.3 is 10.8 Å². The summed E-state index contributed by atoms with van der Waals surface area (Å²) in [5.74, 6) is -1.36. The number of benzene rings is 1. The molecule has 1 rings (SSSR count). The Morgan fingerprint density at radius 1 is 1.29 bits per heavy atom. The second-order valence-corrected chi connectivity index (χ2v) is 3.95. The van der Waals surface area contributed by atoms with Crippen molar-refractivity contribution >= 4 is 21.8 Å². The predicted octanol–water partition coefficient (Wildman–Crippen LogP) is 0.546. The fourth-order valence-electron chi connectivity index (χ4n) is 0.871. The van der Waals surface area contributed by atoms with Gasteiger partial charge in [-0.2, -0.15) is 8.42 Å². The normalized spacial score (nSPS) is 11.2. The fourth-order valence-corrected chi connectivity index (χ4v) is 1.42. The van der Waals surface area contributed by atoms with Crippen LogP contribution in [0, 0.1) is 0 Å². The highest BCUT2D eigenvalue weighted by Crippen LogP contribution is 2.17. The summed E-state index contributed by atoms with van der Waals surface area (Å²) >= 11 is 0.